The number of benzene rings is 1. The van der Waals surface area contributed by atoms with Crippen molar-refractivity contribution in [2.45, 2.75) is 6.92 Å². The molecular formula is C19H15N3O4. The standard InChI is InChI=1S/C19H15N3O4/c1-13(21-25-2)17-11-5-7-14(20-17)8-6-12-26-22-18(23)15-9-3-4-10-16(15)19(22)24/h3-5,7,9-11H,12H2,1-2H3/b21-13+. The quantitative estimate of drug-likeness (QED) is 0.365. The fraction of sp³-hybridized carbons (Fsp3) is 0.158. The normalized spacial score (nSPS) is 13.3. The van der Waals surface area contributed by atoms with E-state index in [9.17, 15) is 9.59 Å². The van der Waals surface area contributed by atoms with Crippen LogP contribution in [0.3, 0.4) is 0 Å². The third kappa shape index (κ3) is 3.45. The van der Waals surface area contributed by atoms with Gasteiger partial charge in [-0.1, -0.05) is 29.3 Å². The lowest BCUT2D eigenvalue weighted by atomic mass is 10.1. The monoisotopic (exact) mass is 349 g/mol. The average molecular weight is 349 g/mol. The van der Waals surface area contributed by atoms with Crippen LogP contribution < -0.4 is 0 Å². The summed E-state index contributed by atoms with van der Waals surface area (Å²) in [6, 6.07) is 11.9. The van der Waals surface area contributed by atoms with Crippen LogP contribution in [0.1, 0.15) is 39.0 Å². The molecule has 0 unspecified atom stereocenters. The predicted octanol–water partition coefficient (Wildman–Crippen LogP) is 2.03. The molecule has 7 heteroatoms. The highest BCUT2D eigenvalue weighted by atomic mass is 16.7. The van der Waals surface area contributed by atoms with Gasteiger partial charge in [0.2, 0.25) is 0 Å². The summed E-state index contributed by atoms with van der Waals surface area (Å²) < 4.78 is 0. The van der Waals surface area contributed by atoms with E-state index in [4.69, 9.17) is 9.68 Å². The molecule has 1 aromatic carbocycles. The number of fused-ring (bicyclic) bond motifs is 1. The molecule has 0 aliphatic carbocycles. The number of aromatic nitrogens is 1. The van der Waals surface area contributed by atoms with Crippen LogP contribution >= 0.6 is 0 Å². The highest BCUT2D eigenvalue weighted by Crippen LogP contribution is 2.22. The molecule has 0 bridgehead atoms. The van der Waals surface area contributed by atoms with Gasteiger partial charge in [0.05, 0.1) is 16.8 Å². The van der Waals surface area contributed by atoms with Crippen LogP contribution in [0.5, 0.6) is 0 Å². The number of amides is 2. The van der Waals surface area contributed by atoms with E-state index >= 15 is 0 Å². The second kappa shape index (κ2) is 7.59. The number of hydroxylamine groups is 2. The second-order valence-corrected chi connectivity index (χ2v) is 5.29. The topological polar surface area (TPSA) is 81.1 Å². The van der Waals surface area contributed by atoms with Gasteiger partial charge in [-0.3, -0.25) is 9.59 Å². The lowest BCUT2D eigenvalue weighted by molar-refractivity contribution is -0.0782. The van der Waals surface area contributed by atoms with Crippen molar-refractivity contribution in [3.63, 3.8) is 0 Å². The Balaban J connectivity index is 1.65. The summed E-state index contributed by atoms with van der Waals surface area (Å²) in [5, 5.41) is 4.56. The van der Waals surface area contributed by atoms with Crippen LogP contribution in [0, 0.1) is 11.8 Å². The molecule has 1 aliphatic rings. The summed E-state index contributed by atoms with van der Waals surface area (Å²) in [4.78, 5) is 38.6. The lowest BCUT2D eigenvalue weighted by Gasteiger charge is -2.10. The highest BCUT2D eigenvalue weighted by Gasteiger charge is 2.36. The van der Waals surface area contributed by atoms with E-state index in [0.29, 0.717) is 28.2 Å². The Morgan fingerprint density at radius 3 is 2.46 bits per heavy atom. The van der Waals surface area contributed by atoms with E-state index < -0.39 is 11.8 Å². The molecule has 1 aromatic heterocycles. The van der Waals surface area contributed by atoms with Crippen molar-refractivity contribution >= 4 is 17.5 Å². The van der Waals surface area contributed by atoms with Crippen LogP contribution in [0.2, 0.25) is 0 Å². The van der Waals surface area contributed by atoms with Gasteiger partial charge in [-0.05, 0) is 37.1 Å². The number of hydrogen-bond donors (Lipinski definition) is 0. The Kier molecular flexibility index (Phi) is 5.06. The lowest BCUT2D eigenvalue weighted by Crippen LogP contribution is -2.30. The molecule has 2 aromatic rings. The largest absolute Gasteiger partial charge is 0.399 e. The van der Waals surface area contributed by atoms with E-state index in [1.807, 2.05) is 0 Å². The maximum Gasteiger partial charge on any atom is 0.285 e. The first-order valence-corrected chi connectivity index (χ1v) is 7.76. The Bertz CT molecular complexity index is 921. The van der Waals surface area contributed by atoms with Crippen molar-refractivity contribution in [3.05, 3.63) is 65.0 Å². The van der Waals surface area contributed by atoms with E-state index in [1.165, 1.54) is 7.11 Å². The van der Waals surface area contributed by atoms with Crippen LogP contribution in [-0.4, -0.2) is 41.3 Å². The van der Waals surface area contributed by atoms with Crippen molar-refractivity contribution in [2.75, 3.05) is 13.7 Å². The number of hydrogen-bond acceptors (Lipinski definition) is 6. The summed E-state index contributed by atoms with van der Waals surface area (Å²) in [5.74, 6) is 4.59. The Morgan fingerprint density at radius 1 is 1.12 bits per heavy atom. The number of pyridine rings is 1. The van der Waals surface area contributed by atoms with Crippen molar-refractivity contribution in [3.8, 4) is 11.8 Å². The van der Waals surface area contributed by atoms with Crippen molar-refractivity contribution in [1.82, 2.24) is 10.0 Å². The van der Waals surface area contributed by atoms with Crippen molar-refractivity contribution in [1.29, 1.82) is 0 Å². The van der Waals surface area contributed by atoms with Crippen LogP contribution in [0.4, 0.5) is 0 Å². The Labute approximate surface area is 150 Å². The highest BCUT2D eigenvalue weighted by molar-refractivity contribution is 6.20. The zero-order chi connectivity index (χ0) is 18.5. The van der Waals surface area contributed by atoms with Gasteiger partial charge in [-0.2, -0.15) is 0 Å². The first-order valence-electron chi connectivity index (χ1n) is 7.76. The molecule has 0 saturated carbocycles. The zero-order valence-corrected chi connectivity index (χ0v) is 14.2. The van der Waals surface area contributed by atoms with Gasteiger partial charge in [0.25, 0.3) is 11.8 Å². The van der Waals surface area contributed by atoms with E-state index in [1.54, 1.807) is 49.4 Å². The van der Waals surface area contributed by atoms with E-state index in [-0.39, 0.29) is 6.61 Å². The molecule has 2 heterocycles. The summed E-state index contributed by atoms with van der Waals surface area (Å²) >= 11 is 0. The summed E-state index contributed by atoms with van der Waals surface area (Å²) in [7, 11) is 1.46. The van der Waals surface area contributed by atoms with Crippen LogP contribution in [0.25, 0.3) is 0 Å². The summed E-state index contributed by atoms with van der Waals surface area (Å²) in [6.45, 7) is 1.65. The number of oxime groups is 1. The maximum absolute atomic E-state index is 12.1. The molecule has 7 nitrogen and oxygen atoms in total. The number of carbonyl (C=O) groups is 2. The molecule has 0 radical (unpaired) electrons. The second-order valence-electron chi connectivity index (χ2n) is 5.29. The number of nitrogens with zero attached hydrogens (tertiary/aromatic N) is 3. The number of carbonyl (C=O) groups excluding carboxylic acids is 2. The van der Waals surface area contributed by atoms with Crippen molar-refractivity contribution in [2.24, 2.45) is 5.16 Å². The smallest absolute Gasteiger partial charge is 0.285 e. The van der Waals surface area contributed by atoms with Gasteiger partial charge in [0.15, 0.2) is 0 Å². The SMILES string of the molecule is CO/N=C(\C)c1cccc(C#CCON2C(=O)c3ccccc3C2=O)n1. The Morgan fingerprint density at radius 2 is 1.81 bits per heavy atom. The Hall–Kier alpha value is -3.50. The molecule has 0 saturated heterocycles. The molecule has 26 heavy (non-hydrogen) atoms. The molecule has 0 N–H and O–H groups in total. The molecule has 0 atom stereocenters. The van der Waals surface area contributed by atoms with Gasteiger partial charge in [0.1, 0.15) is 25.1 Å². The van der Waals surface area contributed by atoms with Gasteiger partial charge in [-0.15, -0.1) is 5.06 Å². The average Bonchev–Trinajstić information content (AvgIpc) is 2.90. The van der Waals surface area contributed by atoms with E-state index in [0.717, 1.165) is 5.06 Å². The molecule has 2 amide bonds. The summed E-state index contributed by atoms with van der Waals surface area (Å²) in [5.41, 5.74) is 2.43. The van der Waals surface area contributed by atoms with Gasteiger partial charge < -0.3 is 4.84 Å². The summed E-state index contributed by atoms with van der Waals surface area (Å²) in [6.07, 6.45) is 0. The zero-order valence-electron chi connectivity index (χ0n) is 14.2. The first-order chi connectivity index (χ1) is 12.6. The van der Waals surface area contributed by atoms with E-state index in [2.05, 4.69) is 22.0 Å². The minimum atomic E-state index is -0.487. The van der Waals surface area contributed by atoms with Crippen molar-refractivity contribution < 1.29 is 19.3 Å². The minimum Gasteiger partial charge on any atom is -0.399 e. The van der Waals surface area contributed by atoms with Gasteiger partial charge in [0, 0.05) is 0 Å². The predicted molar refractivity (Wildman–Crippen MR) is 93.2 cm³/mol. The molecule has 3 rings (SSSR count). The molecule has 0 spiro atoms. The molecule has 0 fully saturated rings. The molecular weight excluding hydrogens is 334 g/mol. The fourth-order valence-corrected chi connectivity index (χ4v) is 2.40. The maximum atomic E-state index is 12.1. The molecule has 130 valence electrons. The molecule has 1 aliphatic heterocycles. The third-order valence-electron chi connectivity index (χ3n) is 3.59. The third-order valence-corrected chi connectivity index (χ3v) is 3.59. The fourth-order valence-electron chi connectivity index (χ4n) is 2.40. The van der Waals surface area contributed by atoms with Gasteiger partial charge in [-0.25, -0.2) is 9.82 Å². The van der Waals surface area contributed by atoms with Crippen LogP contribution in [-0.2, 0) is 9.68 Å². The van der Waals surface area contributed by atoms with Gasteiger partial charge >= 0.3 is 0 Å². The first kappa shape index (κ1) is 17.3. The minimum absolute atomic E-state index is 0.123. The van der Waals surface area contributed by atoms with Crippen LogP contribution in [0.15, 0.2) is 47.6 Å². The number of rotatable bonds is 4. The number of imide groups is 1.